The monoisotopic (exact) mass is 282 g/mol. The average Bonchev–Trinajstić information content (AvgIpc) is 2.42. The summed E-state index contributed by atoms with van der Waals surface area (Å²) in [5.74, 6) is 0.559. The summed E-state index contributed by atoms with van der Waals surface area (Å²) in [6, 6.07) is 4.52. The van der Waals surface area contributed by atoms with Crippen molar-refractivity contribution in [2.75, 3.05) is 26.9 Å². The number of carboxylic acid groups (broad SMARTS) is 1. The van der Waals surface area contributed by atoms with E-state index in [9.17, 15) is 4.79 Å². The molecule has 20 heavy (non-hydrogen) atoms. The average molecular weight is 282 g/mol. The zero-order valence-electron chi connectivity index (χ0n) is 12.2. The fourth-order valence-electron chi connectivity index (χ4n) is 1.55. The molecule has 0 radical (unpaired) electrons. The summed E-state index contributed by atoms with van der Waals surface area (Å²) in [6.45, 7) is 5.91. The van der Waals surface area contributed by atoms with Crippen LogP contribution in [0.15, 0.2) is 18.2 Å². The highest BCUT2D eigenvalue weighted by Gasteiger charge is 2.09. The van der Waals surface area contributed by atoms with Gasteiger partial charge in [0.25, 0.3) is 0 Å². The predicted molar refractivity (Wildman–Crippen MR) is 75.7 cm³/mol. The molecule has 1 N–H and O–H groups in total. The van der Waals surface area contributed by atoms with Crippen molar-refractivity contribution < 1.29 is 24.1 Å². The lowest BCUT2D eigenvalue weighted by atomic mass is 10.1. The molecule has 0 saturated carbocycles. The third kappa shape index (κ3) is 5.48. The molecule has 0 fully saturated rings. The SMILES string of the molecule is COc1cc(C(=O)O)ccc1OCCOCCC(C)C. The minimum absolute atomic E-state index is 0.169. The number of carboxylic acids is 1. The standard InChI is InChI=1S/C15H22O5/c1-11(2)6-7-19-8-9-20-13-5-4-12(15(16)17)10-14(13)18-3/h4-5,10-11H,6-9H2,1-3H3,(H,16,17). The molecule has 112 valence electrons. The van der Waals surface area contributed by atoms with Crippen LogP contribution >= 0.6 is 0 Å². The first-order valence-electron chi connectivity index (χ1n) is 6.66. The Bertz CT molecular complexity index is 428. The molecule has 0 unspecified atom stereocenters. The van der Waals surface area contributed by atoms with Crippen LogP contribution in [0.5, 0.6) is 11.5 Å². The van der Waals surface area contributed by atoms with E-state index in [2.05, 4.69) is 13.8 Å². The lowest BCUT2D eigenvalue weighted by Gasteiger charge is -2.12. The van der Waals surface area contributed by atoms with E-state index < -0.39 is 5.97 Å². The van der Waals surface area contributed by atoms with E-state index >= 15 is 0 Å². The maximum atomic E-state index is 10.9. The van der Waals surface area contributed by atoms with Crippen molar-refractivity contribution in [3.8, 4) is 11.5 Å². The lowest BCUT2D eigenvalue weighted by Crippen LogP contribution is -2.09. The molecule has 0 bridgehead atoms. The third-order valence-electron chi connectivity index (χ3n) is 2.74. The summed E-state index contributed by atoms with van der Waals surface area (Å²) in [4.78, 5) is 10.9. The molecule has 1 aromatic rings. The zero-order valence-corrected chi connectivity index (χ0v) is 12.2. The Morgan fingerprint density at radius 2 is 1.95 bits per heavy atom. The van der Waals surface area contributed by atoms with E-state index in [0.29, 0.717) is 30.6 Å². The van der Waals surface area contributed by atoms with E-state index in [1.807, 2.05) is 0 Å². The molecule has 0 amide bonds. The summed E-state index contributed by atoms with van der Waals surface area (Å²) >= 11 is 0. The first-order chi connectivity index (χ1) is 9.54. The molecule has 0 atom stereocenters. The summed E-state index contributed by atoms with van der Waals surface area (Å²) in [5, 5.41) is 8.90. The zero-order chi connectivity index (χ0) is 15.0. The summed E-state index contributed by atoms with van der Waals surface area (Å²) in [7, 11) is 1.48. The van der Waals surface area contributed by atoms with Crippen molar-refractivity contribution in [1.82, 2.24) is 0 Å². The summed E-state index contributed by atoms with van der Waals surface area (Å²) in [5.41, 5.74) is 0.169. The number of carbonyl (C=O) groups is 1. The topological polar surface area (TPSA) is 65.0 Å². The van der Waals surface area contributed by atoms with Gasteiger partial charge in [-0.2, -0.15) is 0 Å². The van der Waals surface area contributed by atoms with Crippen LogP contribution < -0.4 is 9.47 Å². The Labute approximate surface area is 119 Å². The van der Waals surface area contributed by atoms with Gasteiger partial charge in [-0.3, -0.25) is 0 Å². The molecule has 0 aromatic heterocycles. The van der Waals surface area contributed by atoms with Crippen molar-refractivity contribution in [1.29, 1.82) is 0 Å². The maximum Gasteiger partial charge on any atom is 0.335 e. The van der Waals surface area contributed by atoms with Gasteiger partial charge in [-0.05, 0) is 30.5 Å². The van der Waals surface area contributed by atoms with E-state index in [0.717, 1.165) is 13.0 Å². The second-order valence-corrected chi connectivity index (χ2v) is 4.81. The number of aromatic carboxylic acids is 1. The van der Waals surface area contributed by atoms with Crippen molar-refractivity contribution in [2.45, 2.75) is 20.3 Å². The van der Waals surface area contributed by atoms with Gasteiger partial charge in [0.1, 0.15) is 6.61 Å². The number of ether oxygens (including phenoxy) is 3. The number of benzene rings is 1. The highest BCUT2D eigenvalue weighted by atomic mass is 16.5. The molecular formula is C15H22O5. The van der Waals surface area contributed by atoms with Gasteiger partial charge in [0.05, 0.1) is 19.3 Å². The van der Waals surface area contributed by atoms with E-state index in [1.54, 1.807) is 6.07 Å². The number of rotatable bonds is 9. The second kappa shape index (κ2) is 8.43. The van der Waals surface area contributed by atoms with Crippen LogP contribution in [-0.4, -0.2) is 38.0 Å². The summed E-state index contributed by atoms with van der Waals surface area (Å²) in [6.07, 6.45) is 1.02. The Morgan fingerprint density at radius 1 is 1.20 bits per heavy atom. The van der Waals surface area contributed by atoms with Gasteiger partial charge in [0.2, 0.25) is 0 Å². The molecule has 1 rings (SSSR count). The fourth-order valence-corrected chi connectivity index (χ4v) is 1.55. The normalized spacial score (nSPS) is 10.6. The largest absolute Gasteiger partial charge is 0.493 e. The lowest BCUT2D eigenvalue weighted by molar-refractivity contribution is 0.0696. The second-order valence-electron chi connectivity index (χ2n) is 4.81. The summed E-state index contributed by atoms with van der Waals surface area (Å²) < 4.78 is 16.1. The Morgan fingerprint density at radius 3 is 2.55 bits per heavy atom. The highest BCUT2D eigenvalue weighted by molar-refractivity contribution is 5.88. The smallest absolute Gasteiger partial charge is 0.335 e. The van der Waals surface area contributed by atoms with Gasteiger partial charge in [-0.15, -0.1) is 0 Å². The Hall–Kier alpha value is -1.75. The van der Waals surface area contributed by atoms with E-state index in [4.69, 9.17) is 19.3 Å². The van der Waals surface area contributed by atoms with Crippen LogP contribution in [0.1, 0.15) is 30.6 Å². The third-order valence-corrected chi connectivity index (χ3v) is 2.74. The molecule has 0 aliphatic rings. The molecule has 0 aliphatic carbocycles. The predicted octanol–water partition coefficient (Wildman–Crippen LogP) is 2.83. The van der Waals surface area contributed by atoms with Gasteiger partial charge >= 0.3 is 5.97 Å². The van der Waals surface area contributed by atoms with Gasteiger partial charge in [-0.1, -0.05) is 13.8 Å². The van der Waals surface area contributed by atoms with Gasteiger partial charge in [0, 0.05) is 6.61 Å². The van der Waals surface area contributed by atoms with Crippen LogP contribution in [0.2, 0.25) is 0 Å². The Kier molecular flexibility index (Phi) is 6.87. The molecule has 5 heteroatoms. The van der Waals surface area contributed by atoms with Gasteiger partial charge < -0.3 is 19.3 Å². The molecule has 0 heterocycles. The minimum atomic E-state index is -0.994. The Balaban J connectivity index is 2.41. The minimum Gasteiger partial charge on any atom is -0.493 e. The quantitative estimate of drug-likeness (QED) is 0.705. The number of hydrogen-bond acceptors (Lipinski definition) is 4. The van der Waals surface area contributed by atoms with Crippen LogP contribution in [0.3, 0.4) is 0 Å². The van der Waals surface area contributed by atoms with Gasteiger partial charge in [0.15, 0.2) is 11.5 Å². The molecule has 5 nitrogen and oxygen atoms in total. The maximum absolute atomic E-state index is 10.9. The van der Waals surface area contributed by atoms with Crippen LogP contribution in [0, 0.1) is 5.92 Å². The van der Waals surface area contributed by atoms with Crippen molar-refractivity contribution in [2.24, 2.45) is 5.92 Å². The number of methoxy groups -OCH3 is 1. The van der Waals surface area contributed by atoms with E-state index in [-0.39, 0.29) is 5.56 Å². The highest BCUT2D eigenvalue weighted by Crippen LogP contribution is 2.27. The van der Waals surface area contributed by atoms with Crippen molar-refractivity contribution in [3.63, 3.8) is 0 Å². The molecule has 0 spiro atoms. The van der Waals surface area contributed by atoms with Crippen LogP contribution in [0.4, 0.5) is 0 Å². The number of hydrogen-bond donors (Lipinski definition) is 1. The molecule has 0 aliphatic heterocycles. The molecule has 1 aromatic carbocycles. The van der Waals surface area contributed by atoms with Gasteiger partial charge in [-0.25, -0.2) is 4.79 Å². The molecular weight excluding hydrogens is 260 g/mol. The van der Waals surface area contributed by atoms with Crippen molar-refractivity contribution >= 4 is 5.97 Å². The van der Waals surface area contributed by atoms with Crippen LogP contribution in [0.25, 0.3) is 0 Å². The van der Waals surface area contributed by atoms with Crippen LogP contribution in [-0.2, 0) is 4.74 Å². The fraction of sp³-hybridized carbons (Fsp3) is 0.533. The first kappa shape index (κ1) is 16.3. The molecule has 0 saturated heterocycles. The van der Waals surface area contributed by atoms with E-state index in [1.165, 1.54) is 19.2 Å². The first-order valence-corrected chi connectivity index (χ1v) is 6.66. The van der Waals surface area contributed by atoms with Crippen molar-refractivity contribution in [3.05, 3.63) is 23.8 Å².